The van der Waals surface area contributed by atoms with Crippen LogP contribution in [-0.4, -0.2) is 41.3 Å². The smallest absolute Gasteiger partial charge is 0.255 e. The Kier molecular flexibility index (Phi) is 5.73. The van der Waals surface area contributed by atoms with Gasteiger partial charge in [-0.05, 0) is 19.4 Å². The molecule has 2 heterocycles. The third kappa shape index (κ3) is 4.99. The van der Waals surface area contributed by atoms with Crippen LogP contribution in [0.3, 0.4) is 0 Å². The van der Waals surface area contributed by atoms with Crippen LogP contribution in [-0.2, 0) is 16.8 Å². The lowest BCUT2D eigenvalue weighted by atomic mass is 9.94. The Morgan fingerprint density at radius 1 is 1.48 bits per heavy atom. The maximum atomic E-state index is 12.3. The van der Waals surface area contributed by atoms with Gasteiger partial charge in [0, 0.05) is 5.41 Å². The first-order valence-electron chi connectivity index (χ1n) is 8.02. The molecule has 1 atom stereocenters. The molecule has 1 aliphatic heterocycles. The summed E-state index contributed by atoms with van der Waals surface area (Å²) >= 11 is 0. The van der Waals surface area contributed by atoms with Crippen LogP contribution in [0.25, 0.3) is 0 Å². The molecule has 1 fully saturated rings. The zero-order valence-corrected chi connectivity index (χ0v) is 13.9. The number of oxazole rings is 1. The molecule has 0 aliphatic carbocycles. The van der Waals surface area contributed by atoms with Crippen molar-refractivity contribution in [3.8, 4) is 0 Å². The fourth-order valence-corrected chi connectivity index (χ4v) is 2.68. The third-order valence-electron chi connectivity index (χ3n) is 3.98. The van der Waals surface area contributed by atoms with Crippen LogP contribution in [0.1, 0.15) is 51.7 Å². The van der Waals surface area contributed by atoms with Gasteiger partial charge >= 0.3 is 0 Å². The number of piperidine rings is 1. The van der Waals surface area contributed by atoms with Crippen molar-refractivity contribution in [3.63, 3.8) is 0 Å². The van der Waals surface area contributed by atoms with Crippen LogP contribution in [0, 0.1) is 0 Å². The van der Waals surface area contributed by atoms with Gasteiger partial charge in [-0.2, -0.15) is 0 Å². The van der Waals surface area contributed by atoms with Crippen molar-refractivity contribution in [2.45, 2.75) is 64.5 Å². The second-order valence-corrected chi connectivity index (χ2v) is 6.99. The van der Waals surface area contributed by atoms with Crippen LogP contribution in [0.4, 0.5) is 8.78 Å². The molecule has 0 aromatic carbocycles. The summed E-state index contributed by atoms with van der Waals surface area (Å²) in [5.74, 6) is 1.01. The lowest BCUT2D eigenvalue weighted by Gasteiger charge is -2.33. The van der Waals surface area contributed by atoms with Crippen molar-refractivity contribution >= 4 is 5.91 Å². The summed E-state index contributed by atoms with van der Waals surface area (Å²) in [6.45, 7) is 6.68. The number of halogens is 2. The molecule has 130 valence electrons. The molecule has 1 aromatic rings. The number of aromatic nitrogens is 1. The zero-order valence-electron chi connectivity index (χ0n) is 13.9. The predicted octanol–water partition coefficient (Wildman–Crippen LogP) is 2.71. The van der Waals surface area contributed by atoms with Gasteiger partial charge in [0.05, 0.1) is 25.3 Å². The van der Waals surface area contributed by atoms with Gasteiger partial charge in [-0.25, -0.2) is 13.8 Å². The van der Waals surface area contributed by atoms with E-state index in [1.165, 1.54) is 0 Å². The Balaban J connectivity index is 2.01. The number of rotatable bonds is 5. The quantitative estimate of drug-likeness (QED) is 0.902. The zero-order chi connectivity index (χ0) is 17.0. The normalized spacial score (nSPS) is 20.0. The van der Waals surface area contributed by atoms with E-state index in [1.54, 1.807) is 6.20 Å². The van der Waals surface area contributed by atoms with Gasteiger partial charge in [0.1, 0.15) is 5.76 Å². The van der Waals surface area contributed by atoms with Crippen molar-refractivity contribution in [2.24, 2.45) is 0 Å². The molecule has 1 aromatic heterocycles. The second-order valence-electron chi connectivity index (χ2n) is 6.99. The Labute approximate surface area is 135 Å². The van der Waals surface area contributed by atoms with E-state index in [0.717, 1.165) is 25.1 Å². The number of amides is 1. The molecule has 2 rings (SSSR count). The fourth-order valence-electron chi connectivity index (χ4n) is 2.68. The highest BCUT2D eigenvalue weighted by molar-refractivity contribution is 5.81. The maximum absolute atomic E-state index is 12.3. The van der Waals surface area contributed by atoms with Crippen molar-refractivity contribution in [2.75, 3.05) is 13.1 Å². The van der Waals surface area contributed by atoms with E-state index < -0.39 is 19.0 Å². The summed E-state index contributed by atoms with van der Waals surface area (Å²) in [7, 11) is 0. The van der Waals surface area contributed by atoms with Crippen LogP contribution < -0.4 is 5.32 Å². The minimum absolute atomic E-state index is 0.124. The number of alkyl halides is 2. The molecule has 1 N–H and O–H groups in total. The highest BCUT2D eigenvalue weighted by Gasteiger charge is 2.30. The standard InChI is InChI=1S/C16H25F2N3O2/c1-16(2,3)12-8-19-14(23-12)10-21-7-5-4-6-11(21)15(22)20-9-13(17)18/h8,11,13H,4-7,9-10H2,1-3H3,(H,20,22)/t11-/m0/s1. The Morgan fingerprint density at radius 2 is 2.22 bits per heavy atom. The molecule has 1 saturated heterocycles. The number of hydrogen-bond donors (Lipinski definition) is 1. The first-order valence-corrected chi connectivity index (χ1v) is 8.02. The summed E-state index contributed by atoms with van der Waals surface area (Å²) in [5.41, 5.74) is -0.124. The molecule has 0 radical (unpaired) electrons. The molecule has 1 aliphatic rings. The molecule has 0 unspecified atom stereocenters. The van der Waals surface area contributed by atoms with Gasteiger partial charge in [-0.3, -0.25) is 9.69 Å². The Morgan fingerprint density at radius 3 is 2.83 bits per heavy atom. The van der Waals surface area contributed by atoms with Crippen LogP contribution in [0.2, 0.25) is 0 Å². The first-order chi connectivity index (χ1) is 10.8. The molecule has 0 spiro atoms. The summed E-state index contributed by atoms with van der Waals surface area (Å²) in [6.07, 6.45) is 1.75. The van der Waals surface area contributed by atoms with Gasteiger partial charge in [-0.15, -0.1) is 0 Å². The Bertz CT molecular complexity index is 526. The van der Waals surface area contributed by atoms with E-state index in [1.807, 2.05) is 25.7 Å². The van der Waals surface area contributed by atoms with E-state index >= 15 is 0 Å². The van der Waals surface area contributed by atoms with E-state index in [0.29, 0.717) is 18.9 Å². The SMILES string of the molecule is CC(C)(C)c1cnc(CN2CCCC[C@H]2C(=O)NCC(F)F)o1. The molecule has 23 heavy (non-hydrogen) atoms. The largest absolute Gasteiger partial charge is 0.444 e. The minimum Gasteiger partial charge on any atom is -0.444 e. The number of carbonyl (C=O) groups is 1. The molecule has 5 nitrogen and oxygen atoms in total. The topological polar surface area (TPSA) is 58.4 Å². The van der Waals surface area contributed by atoms with E-state index in [2.05, 4.69) is 10.3 Å². The summed E-state index contributed by atoms with van der Waals surface area (Å²) in [4.78, 5) is 18.4. The number of nitrogens with zero attached hydrogens (tertiary/aromatic N) is 2. The van der Waals surface area contributed by atoms with Crippen LogP contribution in [0.15, 0.2) is 10.6 Å². The average molecular weight is 329 g/mol. The van der Waals surface area contributed by atoms with Gasteiger partial charge in [0.2, 0.25) is 11.8 Å². The predicted molar refractivity (Wildman–Crippen MR) is 82.3 cm³/mol. The number of likely N-dealkylation sites (tertiary alicyclic amines) is 1. The number of carbonyl (C=O) groups excluding carboxylic acids is 1. The molecular weight excluding hydrogens is 304 g/mol. The second kappa shape index (κ2) is 7.38. The average Bonchev–Trinajstić information content (AvgIpc) is 2.94. The van der Waals surface area contributed by atoms with Crippen molar-refractivity contribution < 1.29 is 18.0 Å². The van der Waals surface area contributed by atoms with Crippen LogP contribution in [0.5, 0.6) is 0 Å². The van der Waals surface area contributed by atoms with Crippen LogP contribution >= 0.6 is 0 Å². The fraction of sp³-hybridized carbons (Fsp3) is 0.750. The first kappa shape index (κ1) is 17.8. The van der Waals surface area contributed by atoms with E-state index in [9.17, 15) is 13.6 Å². The lowest BCUT2D eigenvalue weighted by molar-refractivity contribution is -0.128. The van der Waals surface area contributed by atoms with Gasteiger partial charge in [0.25, 0.3) is 6.43 Å². The molecule has 0 bridgehead atoms. The van der Waals surface area contributed by atoms with Crippen molar-refractivity contribution in [1.82, 2.24) is 15.2 Å². The number of nitrogens with one attached hydrogen (secondary N) is 1. The van der Waals surface area contributed by atoms with Gasteiger partial charge in [0.15, 0.2) is 0 Å². The summed E-state index contributed by atoms with van der Waals surface area (Å²) in [6, 6.07) is -0.396. The maximum Gasteiger partial charge on any atom is 0.255 e. The Hall–Kier alpha value is -1.50. The van der Waals surface area contributed by atoms with E-state index in [4.69, 9.17) is 4.42 Å². The molecule has 0 saturated carbocycles. The van der Waals surface area contributed by atoms with Crippen molar-refractivity contribution in [3.05, 3.63) is 17.8 Å². The summed E-state index contributed by atoms with van der Waals surface area (Å²) < 4.78 is 30.3. The highest BCUT2D eigenvalue weighted by atomic mass is 19.3. The molecule has 1 amide bonds. The highest BCUT2D eigenvalue weighted by Crippen LogP contribution is 2.25. The molecular formula is C16H25F2N3O2. The van der Waals surface area contributed by atoms with Crippen molar-refractivity contribution in [1.29, 1.82) is 0 Å². The monoisotopic (exact) mass is 329 g/mol. The minimum atomic E-state index is -2.53. The van der Waals surface area contributed by atoms with Gasteiger partial charge < -0.3 is 9.73 Å². The third-order valence-corrected chi connectivity index (χ3v) is 3.98. The summed E-state index contributed by atoms with van der Waals surface area (Å²) in [5, 5.41) is 2.32. The lowest BCUT2D eigenvalue weighted by Crippen LogP contribution is -2.49. The molecule has 7 heteroatoms. The number of hydrogen-bond acceptors (Lipinski definition) is 4. The van der Waals surface area contributed by atoms with Gasteiger partial charge in [-0.1, -0.05) is 27.2 Å². The van der Waals surface area contributed by atoms with E-state index in [-0.39, 0.29) is 11.3 Å².